The zero-order chi connectivity index (χ0) is 15.6. The van der Waals surface area contributed by atoms with Crippen molar-refractivity contribution in [3.05, 3.63) is 35.9 Å². The molecule has 0 radical (unpaired) electrons. The van der Waals surface area contributed by atoms with Gasteiger partial charge in [-0.05, 0) is 31.4 Å². The van der Waals surface area contributed by atoms with Crippen LogP contribution in [0.1, 0.15) is 48.9 Å². The van der Waals surface area contributed by atoms with E-state index < -0.39 is 0 Å². The molecule has 0 aromatic heterocycles. The molecule has 0 bridgehead atoms. The molecule has 0 spiro atoms. The lowest BCUT2D eigenvalue weighted by molar-refractivity contribution is 0.0954. The van der Waals surface area contributed by atoms with Crippen molar-refractivity contribution < 1.29 is 4.79 Å². The minimum absolute atomic E-state index is 0.0190. The van der Waals surface area contributed by atoms with Crippen LogP contribution in [-0.4, -0.2) is 29.4 Å². The molecule has 1 saturated carbocycles. The summed E-state index contributed by atoms with van der Waals surface area (Å²) < 4.78 is 0. The monoisotopic (exact) mass is 319 g/mol. The van der Waals surface area contributed by atoms with E-state index in [1.807, 2.05) is 30.3 Å². The molecule has 0 aliphatic heterocycles. The minimum Gasteiger partial charge on any atom is -0.379 e. The molecule has 0 atom stereocenters. The van der Waals surface area contributed by atoms with Crippen LogP contribution >= 0.6 is 11.8 Å². The molecule has 1 aromatic carbocycles. The Bertz CT molecular complexity index is 484. The number of carbonyl (C=O) groups excluding carboxylic acids is 1. The Hall–Kier alpha value is -1.49. The SMILES string of the molecule is NC(=NC1CCCCC1)SCCCNC(=O)c1ccccc1. The number of hydrogen-bond acceptors (Lipinski definition) is 3. The second kappa shape index (κ2) is 9.51. The van der Waals surface area contributed by atoms with E-state index in [1.54, 1.807) is 11.8 Å². The highest BCUT2D eigenvalue weighted by Gasteiger charge is 2.12. The van der Waals surface area contributed by atoms with Gasteiger partial charge in [-0.25, -0.2) is 0 Å². The van der Waals surface area contributed by atoms with E-state index in [9.17, 15) is 4.79 Å². The minimum atomic E-state index is -0.0190. The van der Waals surface area contributed by atoms with Crippen molar-refractivity contribution in [3.63, 3.8) is 0 Å². The first-order chi connectivity index (χ1) is 10.8. The van der Waals surface area contributed by atoms with E-state index in [1.165, 1.54) is 32.1 Å². The number of nitrogens with two attached hydrogens (primary N) is 1. The van der Waals surface area contributed by atoms with Crippen LogP contribution in [0.3, 0.4) is 0 Å². The van der Waals surface area contributed by atoms with E-state index in [-0.39, 0.29) is 5.91 Å². The van der Waals surface area contributed by atoms with Crippen molar-refractivity contribution in [3.8, 4) is 0 Å². The molecule has 0 saturated heterocycles. The average molecular weight is 319 g/mol. The van der Waals surface area contributed by atoms with Crippen LogP contribution in [-0.2, 0) is 0 Å². The lowest BCUT2D eigenvalue weighted by Crippen LogP contribution is -2.25. The topological polar surface area (TPSA) is 67.5 Å². The number of thioether (sulfide) groups is 1. The quantitative estimate of drug-likeness (QED) is 0.481. The van der Waals surface area contributed by atoms with E-state index in [2.05, 4.69) is 10.3 Å². The summed E-state index contributed by atoms with van der Waals surface area (Å²) in [6, 6.07) is 9.71. The fraction of sp³-hybridized carbons (Fsp3) is 0.529. The van der Waals surface area contributed by atoms with E-state index in [0.717, 1.165) is 12.2 Å². The van der Waals surface area contributed by atoms with Gasteiger partial charge in [-0.15, -0.1) is 0 Å². The molecule has 2 rings (SSSR count). The number of nitrogens with one attached hydrogen (secondary N) is 1. The summed E-state index contributed by atoms with van der Waals surface area (Å²) in [4.78, 5) is 16.4. The van der Waals surface area contributed by atoms with Crippen LogP contribution in [0.25, 0.3) is 0 Å². The molecule has 3 N–H and O–H groups in total. The van der Waals surface area contributed by atoms with Crippen LogP contribution in [0.15, 0.2) is 35.3 Å². The first kappa shape index (κ1) is 16.9. The molecular weight excluding hydrogens is 294 g/mol. The number of nitrogens with zero attached hydrogens (tertiary/aromatic N) is 1. The highest BCUT2D eigenvalue weighted by molar-refractivity contribution is 8.13. The van der Waals surface area contributed by atoms with Gasteiger partial charge in [0.15, 0.2) is 5.17 Å². The van der Waals surface area contributed by atoms with Crippen molar-refractivity contribution in [2.45, 2.75) is 44.6 Å². The van der Waals surface area contributed by atoms with Crippen molar-refractivity contribution in [2.24, 2.45) is 10.7 Å². The number of aliphatic imine (C=N–C) groups is 1. The first-order valence-electron chi connectivity index (χ1n) is 8.05. The number of amidine groups is 1. The van der Waals surface area contributed by atoms with Gasteiger partial charge in [0.2, 0.25) is 0 Å². The van der Waals surface area contributed by atoms with Crippen LogP contribution in [0.5, 0.6) is 0 Å². The van der Waals surface area contributed by atoms with Gasteiger partial charge in [0.1, 0.15) is 0 Å². The maximum Gasteiger partial charge on any atom is 0.251 e. The molecule has 5 heteroatoms. The van der Waals surface area contributed by atoms with Gasteiger partial charge >= 0.3 is 0 Å². The normalized spacial score (nSPS) is 16.5. The molecule has 0 unspecified atom stereocenters. The molecular formula is C17H25N3OS. The maximum absolute atomic E-state index is 11.8. The Morgan fingerprint density at radius 3 is 2.68 bits per heavy atom. The summed E-state index contributed by atoms with van der Waals surface area (Å²) >= 11 is 1.59. The van der Waals surface area contributed by atoms with Crippen LogP contribution in [0.4, 0.5) is 0 Å². The maximum atomic E-state index is 11.8. The van der Waals surface area contributed by atoms with E-state index in [4.69, 9.17) is 5.73 Å². The fourth-order valence-corrected chi connectivity index (χ4v) is 3.29. The predicted octanol–water partition coefficient (Wildman–Crippen LogP) is 3.19. The Morgan fingerprint density at radius 2 is 1.95 bits per heavy atom. The molecule has 1 amide bonds. The molecule has 1 aliphatic rings. The Kier molecular flexibility index (Phi) is 7.30. The van der Waals surface area contributed by atoms with Crippen LogP contribution in [0.2, 0.25) is 0 Å². The standard InChI is InChI=1S/C17H25N3OS/c18-17(20-15-10-5-2-6-11-15)22-13-7-12-19-16(21)14-8-3-1-4-9-14/h1,3-4,8-9,15H,2,5-7,10-13H2,(H2,18,20)(H,19,21). The van der Waals surface area contributed by atoms with Gasteiger partial charge in [-0.1, -0.05) is 49.2 Å². The Balaban J connectivity index is 1.58. The summed E-state index contributed by atoms with van der Waals surface area (Å²) in [6.07, 6.45) is 7.13. The molecule has 0 heterocycles. The molecule has 1 aromatic rings. The third-order valence-electron chi connectivity index (χ3n) is 3.78. The van der Waals surface area contributed by atoms with Crippen LogP contribution < -0.4 is 11.1 Å². The van der Waals surface area contributed by atoms with Gasteiger partial charge in [0, 0.05) is 17.9 Å². The van der Waals surface area contributed by atoms with E-state index >= 15 is 0 Å². The summed E-state index contributed by atoms with van der Waals surface area (Å²) in [5.41, 5.74) is 6.67. The van der Waals surface area contributed by atoms with Crippen molar-refractivity contribution in [1.82, 2.24) is 5.32 Å². The van der Waals surface area contributed by atoms with Gasteiger partial charge in [0.25, 0.3) is 5.91 Å². The summed E-state index contributed by atoms with van der Waals surface area (Å²) in [6.45, 7) is 0.664. The fourth-order valence-electron chi connectivity index (χ4n) is 2.57. The summed E-state index contributed by atoms with van der Waals surface area (Å²) in [7, 11) is 0. The number of carbonyl (C=O) groups is 1. The third kappa shape index (κ3) is 6.10. The third-order valence-corrected chi connectivity index (χ3v) is 4.67. The average Bonchev–Trinajstić information content (AvgIpc) is 2.56. The van der Waals surface area contributed by atoms with Crippen molar-refractivity contribution >= 4 is 22.8 Å². The van der Waals surface area contributed by atoms with Gasteiger partial charge in [-0.3, -0.25) is 9.79 Å². The van der Waals surface area contributed by atoms with Crippen molar-refractivity contribution in [1.29, 1.82) is 0 Å². The smallest absolute Gasteiger partial charge is 0.251 e. The second-order valence-corrected chi connectivity index (χ2v) is 6.70. The van der Waals surface area contributed by atoms with Gasteiger partial charge < -0.3 is 11.1 Å². The molecule has 22 heavy (non-hydrogen) atoms. The largest absolute Gasteiger partial charge is 0.379 e. The van der Waals surface area contributed by atoms with Gasteiger partial charge in [0.05, 0.1) is 6.04 Å². The lowest BCUT2D eigenvalue weighted by atomic mass is 9.96. The Labute approximate surface area is 137 Å². The number of benzene rings is 1. The second-order valence-electron chi connectivity index (χ2n) is 5.58. The predicted molar refractivity (Wildman–Crippen MR) is 94.3 cm³/mol. The van der Waals surface area contributed by atoms with Crippen LogP contribution in [0, 0.1) is 0 Å². The first-order valence-corrected chi connectivity index (χ1v) is 9.03. The summed E-state index contributed by atoms with van der Waals surface area (Å²) in [5, 5.41) is 3.62. The number of amides is 1. The molecule has 1 aliphatic carbocycles. The lowest BCUT2D eigenvalue weighted by Gasteiger charge is -2.18. The number of rotatable bonds is 6. The van der Waals surface area contributed by atoms with Gasteiger partial charge in [-0.2, -0.15) is 0 Å². The van der Waals surface area contributed by atoms with Crippen molar-refractivity contribution in [2.75, 3.05) is 12.3 Å². The molecule has 4 nitrogen and oxygen atoms in total. The number of hydrogen-bond donors (Lipinski definition) is 2. The highest BCUT2D eigenvalue weighted by Crippen LogP contribution is 2.21. The zero-order valence-electron chi connectivity index (χ0n) is 13.0. The molecule has 1 fully saturated rings. The Morgan fingerprint density at radius 1 is 1.23 bits per heavy atom. The van der Waals surface area contributed by atoms with E-state index in [0.29, 0.717) is 23.3 Å². The zero-order valence-corrected chi connectivity index (χ0v) is 13.8. The summed E-state index contributed by atoms with van der Waals surface area (Å²) in [5.74, 6) is 0.867. The highest BCUT2D eigenvalue weighted by atomic mass is 32.2. The molecule has 120 valence electrons.